The molecule has 1 N–H and O–H groups in total. The molecule has 0 radical (unpaired) electrons. The molecule has 0 spiro atoms. The Kier molecular flexibility index (Phi) is 9.56. The van der Waals surface area contributed by atoms with E-state index in [4.69, 9.17) is 9.72 Å². The molecule has 2 aliphatic heterocycles. The molecule has 6 nitrogen and oxygen atoms in total. The summed E-state index contributed by atoms with van der Waals surface area (Å²) in [6, 6.07) is 11.0. The van der Waals surface area contributed by atoms with Crippen LogP contribution in [0.2, 0.25) is 0 Å². The number of fused-ring (bicyclic) bond motifs is 1. The number of piperidine rings is 1. The Morgan fingerprint density at radius 3 is 2.28 bits per heavy atom. The average Bonchev–Trinajstić information content (AvgIpc) is 2.95. The number of hydrogen-bond donors (Lipinski definition) is 1. The summed E-state index contributed by atoms with van der Waals surface area (Å²) in [7, 11) is 0. The fourth-order valence-electron chi connectivity index (χ4n) is 6.99. The molecule has 9 heteroatoms. The lowest BCUT2D eigenvalue weighted by Crippen LogP contribution is -2.39. The van der Waals surface area contributed by atoms with E-state index in [0.29, 0.717) is 29.9 Å². The van der Waals surface area contributed by atoms with Crippen LogP contribution in [0.1, 0.15) is 98.3 Å². The lowest BCUT2D eigenvalue weighted by molar-refractivity contribution is -0.160. The average molecular weight is 652 g/mol. The van der Waals surface area contributed by atoms with Crippen molar-refractivity contribution in [2.45, 2.75) is 106 Å². The summed E-state index contributed by atoms with van der Waals surface area (Å²) in [6.45, 7) is 18.9. The number of hydrogen-bond acceptors (Lipinski definition) is 5. The van der Waals surface area contributed by atoms with E-state index in [9.17, 15) is 23.1 Å². The van der Waals surface area contributed by atoms with Crippen molar-refractivity contribution in [3.05, 3.63) is 81.2 Å². The number of nitrogens with zero attached hydrogens (tertiary/aromatic N) is 3. The van der Waals surface area contributed by atoms with Crippen LogP contribution in [0.4, 0.5) is 18.9 Å². The Morgan fingerprint density at radius 2 is 1.66 bits per heavy atom. The van der Waals surface area contributed by atoms with Crippen LogP contribution < -0.4 is 4.90 Å². The number of carbonyl (C=O) groups is 1. The largest absolute Gasteiger partial charge is 0.479 e. The lowest BCUT2D eigenvalue weighted by Gasteiger charge is -2.41. The van der Waals surface area contributed by atoms with Gasteiger partial charge in [-0.3, -0.25) is 9.88 Å². The van der Waals surface area contributed by atoms with Gasteiger partial charge in [-0.2, -0.15) is 13.2 Å². The summed E-state index contributed by atoms with van der Waals surface area (Å²) >= 11 is 0. The van der Waals surface area contributed by atoms with Crippen molar-refractivity contribution in [2.24, 2.45) is 5.41 Å². The van der Waals surface area contributed by atoms with Crippen molar-refractivity contribution in [3.8, 4) is 11.1 Å². The van der Waals surface area contributed by atoms with Gasteiger partial charge in [-0.05, 0) is 100 Å². The van der Waals surface area contributed by atoms with Gasteiger partial charge in [0.05, 0.1) is 16.9 Å². The maximum Gasteiger partial charge on any atom is 0.416 e. The van der Waals surface area contributed by atoms with Crippen molar-refractivity contribution in [3.63, 3.8) is 0 Å². The highest BCUT2D eigenvalue weighted by Gasteiger charge is 2.37. The molecule has 254 valence electrons. The molecule has 0 bridgehead atoms. The topological polar surface area (TPSA) is 65.9 Å². The standard InChI is InChI=1S/C38H48F3N3O3/c1-23-9-10-26(19-30(23)38(39,40)41)21-43-16-13-27-20-28(11-12-29(27)22-43)31-24(2)42-25(3)32(34(35(45)46)47-36(4,5)6)33(31)44-17-14-37(7,8)15-18-44/h9-12,19-20,34H,13-18,21-22H2,1-8H3,(H,45,46)/t34-/m0/s1. The van der Waals surface area contributed by atoms with E-state index in [1.807, 2.05) is 34.6 Å². The third kappa shape index (κ3) is 7.83. The predicted octanol–water partition coefficient (Wildman–Crippen LogP) is 8.82. The number of aromatic nitrogens is 1. The van der Waals surface area contributed by atoms with Crippen LogP contribution in [0.15, 0.2) is 36.4 Å². The van der Waals surface area contributed by atoms with Gasteiger partial charge >= 0.3 is 12.1 Å². The fraction of sp³-hybridized carbons (Fsp3) is 0.526. The lowest BCUT2D eigenvalue weighted by atomic mass is 9.81. The third-order valence-electron chi connectivity index (χ3n) is 9.57. The highest BCUT2D eigenvalue weighted by Crippen LogP contribution is 2.45. The minimum absolute atomic E-state index is 0.201. The number of halogens is 3. The normalized spacial score (nSPS) is 17.8. The van der Waals surface area contributed by atoms with Crippen LogP contribution in [-0.2, 0) is 35.2 Å². The van der Waals surface area contributed by atoms with E-state index in [1.54, 1.807) is 12.1 Å². The molecule has 0 amide bonds. The fourth-order valence-corrected chi connectivity index (χ4v) is 6.99. The van der Waals surface area contributed by atoms with Gasteiger partial charge in [0, 0.05) is 55.2 Å². The van der Waals surface area contributed by atoms with E-state index in [-0.39, 0.29) is 11.0 Å². The SMILES string of the molecule is Cc1ccc(CN2CCc3cc(-c4c(C)nc(C)c([C@H](OC(C)(C)C)C(=O)O)c4N4CCC(C)(C)CC4)ccc3C2)cc1C(F)(F)F. The molecular formula is C38H48F3N3O3. The van der Waals surface area contributed by atoms with Crippen molar-refractivity contribution in [1.29, 1.82) is 0 Å². The number of carboxylic acid groups (broad SMARTS) is 1. The maximum atomic E-state index is 13.5. The zero-order valence-corrected chi connectivity index (χ0v) is 28.9. The number of alkyl halides is 3. The van der Waals surface area contributed by atoms with Gasteiger partial charge in [0.15, 0.2) is 6.10 Å². The summed E-state index contributed by atoms with van der Waals surface area (Å²) in [5.74, 6) is -1.04. The van der Waals surface area contributed by atoms with E-state index in [1.165, 1.54) is 18.6 Å². The highest BCUT2D eigenvalue weighted by atomic mass is 19.4. The van der Waals surface area contributed by atoms with Gasteiger partial charge in [0.25, 0.3) is 0 Å². The molecule has 1 aromatic heterocycles. The quantitative estimate of drug-likeness (QED) is 0.276. The summed E-state index contributed by atoms with van der Waals surface area (Å²) < 4.78 is 46.8. The van der Waals surface area contributed by atoms with Crippen molar-refractivity contribution >= 4 is 11.7 Å². The molecule has 3 aromatic rings. The first kappa shape index (κ1) is 34.9. The molecule has 1 atom stereocenters. The van der Waals surface area contributed by atoms with Crippen LogP contribution in [0.25, 0.3) is 11.1 Å². The molecule has 2 aromatic carbocycles. The van der Waals surface area contributed by atoms with Gasteiger partial charge < -0.3 is 14.7 Å². The molecule has 0 aliphatic carbocycles. The second kappa shape index (κ2) is 12.9. The molecule has 47 heavy (non-hydrogen) atoms. The van der Waals surface area contributed by atoms with Crippen molar-refractivity contribution in [2.75, 3.05) is 24.5 Å². The molecule has 3 heterocycles. The monoisotopic (exact) mass is 651 g/mol. The first-order valence-corrected chi connectivity index (χ1v) is 16.5. The number of anilines is 1. The Morgan fingerprint density at radius 1 is 0.979 bits per heavy atom. The van der Waals surface area contributed by atoms with Gasteiger partial charge in [0.1, 0.15) is 0 Å². The Labute approximate surface area is 277 Å². The molecule has 0 saturated carbocycles. The second-order valence-electron chi connectivity index (χ2n) is 15.1. The van der Waals surface area contributed by atoms with Gasteiger partial charge in [-0.1, -0.05) is 44.2 Å². The van der Waals surface area contributed by atoms with Crippen LogP contribution in [0.3, 0.4) is 0 Å². The number of carboxylic acids is 1. The minimum atomic E-state index is -4.37. The van der Waals surface area contributed by atoms with Crippen LogP contribution in [0.5, 0.6) is 0 Å². The van der Waals surface area contributed by atoms with E-state index in [2.05, 4.69) is 41.8 Å². The number of ether oxygens (including phenoxy) is 1. The van der Waals surface area contributed by atoms with Gasteiger partial charge in [0.2, 0.25) is 0 Å². The summed E-state index contributed by atoms with van der Waals surface area (Å²) in [5.41, 5.74) is 7.04. The van der Waals surface area contributed by atoms with Crippen molar-refractivity contribution in [1.82, 2.24) is 9.88 Å². The first-order valence-electron chi connectivity index (χ1n) is 16.5. The maximum absolute atomic E-state index is 13.5. The van der Waals surface area contributed by atoms with E-state index >= 15 is 0 Å². The number of aliphatic carboxylic acids is 1. The molecular weight excluding hydrogens is 603 g/mol. The van der Waals surface area contributed by atoms with E-state index < -0.39 is 29.4 Å². The Hall–Kier alpha value is -3.43. The van der Waals surface area contributed by atoms with Gasteiger partial charge in [-0.25, -0.2) is 4.79 Å². The predicted molar refractivity (Wildman–Crippen MR) is 180 cm³/mol. The first-order chi connectivity index (χ1) is 21.8. The van der Waals surface area contributed by atoms with Crippen LogP contribution in [0, 0.1) is 26.2 Å². The molecule has 1 saturated heterocycles. The number of pyridine rings is 1. The zero-order valence-electron chi connectivity index (χ0n) is 28.9. The highest BCUT2D eigenvalue weighted by molar-refractivity contribution is 5.88. The molecule has 0 unspecified atom stereocenters. The Bertz CT molecular complexity index is 1650. The summed E-state index contributed by atoms with van der Waals surface area (Å²) in [6.07, 6.45) is -2.84. The third-order valence-corrected chi connectivity index (χ3v) is 9.57. The summed E-state index contributed by atoms with van der Waals surface area (Å²) in [4.78, 5) is 22.2. The van der Waals surface area contributed by atoms with Crippen LogP contribution >= 0.6 is 0 Å². The number of aryl methyl sites for hydroxylation is 3. The van der Waals surface area contributed by atoms with Crippen LogP contribution in [-0.4, -0.2) is 46.2 Å². The zero-order chi connectivity index (χ0) is 34.5. The smallest absolute Gasteiger partial charge is 0.416 e. The summed E-state index contributed by atoms with van der Waals surface area (Å²) in [5, 5.41) is 10.5. The van der Waals surface area contributed by atoms with Crippen molar-refractivity contribution < 1.29 is 27.8 Å². The molecule has 2 aliphatic rings. The second-order valence-corrected chi connectivity index (χ2v) is 15.1. The number of benzene rings is 2. The number of rotatable bonds is 7. The molecule has 5 rings (SSSR count). The molecule has 1 fully saturated rings. The van der Waals surface area contributed by atoms with Gasteiger partial charge in [-0.15, -0.1) is 0 Å². The Balaban J connectivity index is 1.53. The van der Waals surface area contributed by atoms with E-state index in [0.717, 1.165) is 67.0 Å². The minimum Gasteiger partial charge on any atom is -0.479 e.